The Balaban J connectivity index is 2.77. The van der Waals surface area contributed by atoms with Crippen LogP contribution in [0.3, 0.4) is 0 Å². The minimum atomic E-state index is -3.48. The van der Waals surface area contributed by atoms with Gasteiger partial charge < -0.3 is 5.73 Å². The molecule has 0 aromatic rings. The Kier molecular flexibility index (Phi) is 2.57. The van der Waals surface area contributed by atoms with Gasteiger partial charge in [0.1, 0.15) is 0 Å². The lowest BCUT2D eigenvalue weighted by Gasteiger charge is -2.42. The van der Waals surface area contributed by atoms with Gasteiger partial charge >= 0.3 is 0 Å². The average molecular weight is 236 g/mol. The van der Waals surface area contributed by atoms with E-state index in [1.54, 1.807) is 0 Å². The molecule has 1 amide bonds. The number of nitrogens with two attached hydrogens (primary N) is 1. The number of sulfonamides is 1. The second kappa shape index (κ2) is 3.16. The van der Waals surface area contributed by atoms with Gasteiger partial charge in [-0.1, -0.05) is 12.2 Å². The molecule has 0 bridgehead atoms. The van der Waals surface area contributed by atoms with E-state index in [2.05, 4.69) is 12.2 Å². The minimum absolute atomic E-state index is 0.0555. The Hall–Kier alpha value is -0.690. The number of carbonyl (C=O) groups excluding carboxylic acids is 1. The maximum Gasteiger partial charge on any atom is 0.258 e. The van der Waals surface area contributed by atoms with Crippen LogP contribution in [0.1, 0.15) is 20.3 Å². The number of amides is 1. The quantitative estimate of drug-likeness (QED) is 0.675. The Labute approximate surface area is 88.3 Å². The number of hydrogen-bond acceptors (Lipinski definition) is 4. The summed E-state index contributed by atoms with van der Waals surface area (Å²) in [5.74, 6) is -0.395. The number of thiocarbonyl (C=S) groups is 1. The summed E-state index contributed by atoms with van der Waals surface area (Å²) in [5, 5.41) is 0. The van der Waals surface area contributed by atoms with E-state index >= 15 is 0 Å². The molecule has 0 saturated carbocycles. The predicted molar refractivity (Wildman–Crippen MR) is 56.1 cm³/mol. The Morgan fingerprint density at radius 3 is 2.43 bits per heavy atom. The number of nitrogens with zero attached hydrogens (tertiary/aromatic N) is 1. The molecule has 0 aromatic carbocycles. The molecule has 0 atom stereocenters. The van der Waals surface area contributed by atoms with E-state index in [1.807, 2.05) is 0 Å². The van der Waals surface area contributed by atoms with Gasteiger partial charge in [0, 0.05) is 13.0 Å². The van der Waals surface area contributed by atoms with Crippen LogP contribution in [0.4, 0.5) is 0 Å². The molecule has 7 heteroatoms. The molecular formula is C7H12N2O3S2. The second-order valence-corrected chi connectivity index (χ2v) is 6.54. The van der Waals surface area contributed by atoms with E-state index in [1.165, 1.54) is 13.8 Å². The van der Waals surface area contributed by atoms with Crippen molar-refractivity contribution in [3.05, 3.63) is 0 Å². The van der Waals surface area contributed by atoms with Crippen LogP contribution in [0.2, 0.25) is 0 Å². The van der Waals surface area contributed by atoms with Gasteiger partial charge in [-0.3, -0.25) is 4.79 Å². The number of carbonyl (C=O) groups is 1. The van der Waals surface area contributed by atoms with Crippen LogP contribution in [-0.4, -0.2) is 34.9 Å². The Morgan fingerprint density at radius 1 is 1.57 bits per heavy atom. The highest BCUT2D eigenvalue weighted by Crippen LogP contribution is 2.34. The van der Waals surface area contributed by atoms with Gasteiger partial charge in [0.2, 0.25) is 0 Å². The molecule has 80 valence electrons. The highest BCUT2D eigenvalue weighted by molar-refractivity contribution is 7.94. The van der Waals surface area contributed by atoms with Gasteiger partial charge in [-0.15, -0.1) is 0 Å². The third kappa shape index (κ3) is 1.40. The lowest BCUT2D eigenvalue weighted by Crippen LogP contribution is -2.67. The van der Waals surface area contributed by atoms with Crippen LogP contribution in [0, 0.1) is 0 Å². The van der Waals surface area contributed by atoms with Crippen molar-refractivity contribution in [2.24, 2.45) is 5.73 Å². The molecule has 1 saturated heterocycles. The normalized spacial score (nSPS) is 23.0. The van der Waals surface area contributed by atoms with E-state index in [0.29, 0.717) is 0 Å². The molecule has 1 aliphatic heterocycles. The highest BCUT2D eigenvalue weighted by atomic mass is 32.2. The van der Waals surface area contributed by atoms with E-state index < -0.39 is 20.7 Å². The van der Waals surface area contributed by atoms with E-state index in [9.17, 15) is 13.2 Å². The van der Waals surface area contributed by atoms with Gasteiger partial charge in [-0.2, -0.15) is 0 Å². The third-order valence-corrected chi connectivity index (χ3v) is 4.84. The van der Waals surface area contributed by atoms with E-state index in [4.69, 9.17) is 5.73 Å². The third-order valence-electron chi connectivity index (χ3n) is 2.24. The molecule has 5 nitrogen and oxygen atoms in total. The highest BCUT2D eigenvalue weighted by Gasteiger charge is 2.59. The van der Waals surface area contributed by atoms with Gasteiger partial charge in [0.05, 0.1) is 4.99 Å². The van der Waals surface area contributed by atoms with Gasteiger partial charge in [-0.25, -0.2) is 12.7 Å². The molecule has 1 heterocycles. The van der Waals surface area contributed by atoms with Crippen LogP contribution in [0.25, 0.3) is 0 Å². The first kappa shape index (κ1) is 11.4. The zero-order valence-corrected chi connectivity index (χ0v) is 9.61. The molecule has 1 fully saturated rings. The standard InChI is InChI=1S/C7H12N2O3S2/c1-7(2)6(10)9(14(7,11)12)4-3-5(8)13/h3-4H2,1-2H3,(H2,8,13). The lowest BCUT2D eigenvalue weighted by molar-refractivity contribution is -0.132. The van der Waals surface area contributed by atoms with Crippen LogP contribution in [0.5, 0.6) is 0 Å². The molecule has 0 spiro atoms. The van der Waals surface area contributed by atoms with Crippen molar-refractivity contribution >= 4 is 33.1 Å². The molecule has 2 N–H and O–H groups in total. The van der Waals surface area contributed by atoms with Crippen molar-refractivity contribution in [3.8, 4) is 0 Å². The largest absolute Gasteiger partial charge is 0.393 e. The molecule has 1 rings (SSSR count). The Bertz CT molecular complexity index is 386. The first-order valence-corrected chi connectivity index (χ1v) is 5.91. The topological polar surface area (TPSA) is 80.5 Å². The molecular weight excluding hydrogens is 224 g/mol. The second-order valence-electron chi connectivity index (χ2n) is 3.61. The van der Waals surface area contributed by atoms with Crippen LogP contribution < -0.4 is 5.73 Å². The summed E-state index contributed by atoms with van der Waals surface area (Å²) in [7, 11) is -3.48. The van der Waals surface area contributed by atoms with E-state index in [0.717, 1.165) is 4.31 Å². The predicted octanol–water partition coefficient (Wildman–Crippen LogP) is -0.387. The number of rotatable bonds is 3. The average Bonchev–Trinajstić information content (AvgIpc) is 2.02. The summed E-state index contributed by atoms with van der Waals surface area (Å²) in [5.41, 5.74) is 5.22. The summed E-state index contributed by atoms with van der Waals surface area (Å²) in [6, 6.07) is 0. The fourth-order valence-corrected chi connectivity index (χ4v) is 2.81. The van der Waals surface area contributed by atoms with Crippen molar-refractivity contribution in [3.63, 3.8) is 0 Å². The first-order chi connectivity index (χ1) is 6.21. The summed E-state index contributed by atoms with van der Waals surface area (Å²) in [4.78, 5) is 11.6. The summed E-state index contributed by atoms with van der Waals surface area (Å²) in [6.07, 6.45) is 0.233. The van der Waals surface area contributed by atoms with Gasteiger partial charge in [0.15, 0.2) is 4.75 Å². The van der Waals surface area contributed by atoms with Crippen molar-refractivity contribution in [1.82, 2.24) is 4.31 Å². The van der Waals surface area contributed by atoms with Crippen molar-refractivity contribution in [2.45, 2.75) is 25.0 Å². The molecule has 0 unspecified atom stereocenters. The van der Waals surface area contributed by atoms with Crippen LogP contribution in [0.15, 0.2) is 0 Å². The summed E-state index contributed by atoms with van der Waals surface area (Å²) >= 11 is 4.60. The molecule has 0 aliphatic carbocycles. The fraction of sp³-hybridized carbons (Fsp3) is 0.714. The van der Waals surface area contributed by atoms with Crippen molar-refractivity contribution in [1.29, 1.82) is 0 Å². The molecule has 0 aromatic heterocycles. The van der Waals surface area contributed by atoms with Crippen LogP contribution >= 0.6 is 12.2 Å². The molecule has 0 radical (unpaired) electrons. The fourth-order valence-electron chi connectivity index (χ4n) is 1.19. The zero-order chi connectivity index (χ0) is 11.1. The molecule has 1 aliphatic rings. The van der Waals surface area contributed by atoms with Crippen LogP contribution in [-0.2, 0) is 14.8 Å². The summed E-state index contributed by atoms with van der Waals surface area (Å²) < 4.78 is 22.6. The maximum atomic E-state index is 11.5. The van der Waals surface area contributed by atoms with E-state index in [-0.39, 0.29) is 18.0 Å². The first-order valence-electron chi connectivity index (χ1n) is 4.06. The molecule has 14 heavy (non-hydrogen) atoms. The maximum absolute atomic E-state index is 11.5. The Morgan fingerprint density at radius 2 is 2.07 bits per heavy atom. The van der Waals surface area contributed by atoms with Gasteiger partial charge in [-0.05, 0) is 13.8 Å². The summed E-state index contributed by atoms with van der Waals surface area (Å²) in [6.45, 7) is 2.84. The van der Waals surface area contributed by atoms with Gasteiger partial charge in [0.25, 0.3) is 15.9 Å². The zero-order valence-electron chi connectivity index (χ0n) is 7.98. The lowest BCUT2D eigenvalue weighted by atomic mass is 10.2. The van der Waals surface area contributed by atoms with Crippen molar-refractivity contribution in [2.75, 3.05) is 6.54 Å². The minimum Gasteiger partial charge on any atom is -0.393 e. The monoisotopic (exact) mass is 236 g/mol. The smallest absolute Gasteiger partial charge is 0.258 e. The van der Waals surface area contributed by atoms with Crippen molar-refractivity contribution < 1.29 is 13.2 Å². The SMILES string of the molecule is CC1(C)C(=O)N(CCC(N)=S)S1(=O)=O. The number of hydrogen-bond donors (Lipinski definition) is 1.